The zero-order valence-electron chi connectivity index (χ0n) is 13.4. The van der Waals surface area contributed by atoms with Crippen molar-refractivity contribution in [1.82, 2.24) is 9.88 Å². The zero-order valence-corrected chi connectivity index (χ0v) is 13.4. The molecule has 0 aromatic carbocycles. The fourth-order valence-corrected chi connectivity index (χ4v) is 4.19. The molecule has 1 aromatic rings. The number of likely N-dealkylation sites (N-methyl/N-ethyl adjacent to an activating group) is 1. The molecule has 3 unspecified atom stereocenters. The van der Waals surface area contributed by atoms with Crippen molar-refractivity contribution in [2.45, 2.75) is 38.3 Å². The molecule has 1 aromatic heterocycles. The Morgan fingerprint density at radius 1 is 1.38 bits per heavy atom. The first-order valence-corrected chi connectivity index (χ1v) is 7.93. The van der Waals surface area contributed by atoms with E-state index in [0.29, 0.717) is 12.0 Å². The van der Waals surface area contributed by atoms with Crippen molar-refractivity contribution in [2.75, 3.05) is 26.7 Å². The molecule has 0 radical (unpaired) electrons. The fraction of sp³-hybridized carbons (Fsp3) is 0.706. The molecule has 3 rings (SSSR count). The molecule has 0 bridgehead atoms. The molecule has 4 nitrogen and oxygen atoms in total. The van der Waals surface area contributed by atoms with Crippen molar-refractivity contribution in [2.24, 2.45) is 17.1 Å². The first-order chi connectivity index (χ1) is 9.95. The molecule has 1 saturated heterocycles. The van der Waals surface area contributed by atoms with E-state index in [-0.39, 0.29) is 11.0 Å². The number of hydrogen-bond donors (Lipinski definition) is 1. The van der Waals surface area contributed by atoms with E-state index in [2.05, 4.69) is 42.9 Å². The third-order valence-electron chi connectivity index (χ3n) is 5.73. The number of nitrogens with two attached hydrogens (primary N) is 1. The van der Waals surface area contributed by atoms with Gasteiger partial charge in [-0.1, -0.05) is 13.8 Å². The van der Waals surface area contributed by atoms with E-state index < -0.39 is 0 Å². The summed E-state index contributed by atoms with van der Waals surface area (Å²) in [7, 11) is 2.18. The standard InChI is InChI=1S/C17H27N3O/c1-16(2)15-14(7-11-21-15)17(16,18)12-20(3)10-6-13-4-8-19-9-5-13/h4-5,8-9,14-15H,6-7,10-12,18H2,1-3H3. The lowest BCUT2D eigenvalue weighted by Crippen LogP contribution is -2.78. The van der Waals surface area contributed by atoms with Crippen LogP contribution in [0.3, 0.4) is 0 Å². The van der Waals surface area contributed by atoms with Gasteiger partial charge in [0.1, 0.15) is 0 Å². The van der Waals surface area contributed by atoms with Crippen LogP contribution >= 0.6 is 0 Å². The van der Waals surface area contributed by atoms with Gasteiger partial charge in [0.15, 0.2) is 0 Å². The predicted octanol–water partition coefficient (Wildman–Crippen LogP) is 1.70. The summed E-state index contributed by atoms with van der Waals surface area (Å²) in [6, 6.07) is 4.17. The Balaban J connectivity index is 1.58. The summed E-state index contributed by atoms with van der Waals surface area (Å²) < 4.78 is 5.87. The fourth-order valence-electron chi connectivity index (χ4n) is 4.19. The molecule has 0 amide bonds. The van der Waals surface area contributed by atoms with Gasteiger partial charge in [-0.3, -0.25) is 4.98 Å². The van der Waals surface area contributed by atoms with Crippen LogP contribution < -0.4 is 5.73 Å². The van der Waals surface area contributed by atoms with E-state index in [1.165, 1.54) is 5.56 Å². The monoisotopic (exact) mass is 289 g/mol. The first kappa shape index (κ1) is 14.9. The second-order valence-electron chi connectivity index (χ2n) is 7.29. The summed E-state index contributed by atoms with van der Waals surface area (Å²) in [6.45, 7) is 7.36. The molecule has 2 fully saturated rings. The second-order valence-corrected chi connectivity index (χ2v) is 7.29. The molecule has 3 atom stereocenters. The highest BCUT2D eigenvalue weighted by Gasteiger charge is 2.67. The van der Waals surface area contributed by atoms with Crippen molar-refractivity contribution in [1.29, 1.82) is 0 Å². The van der Waals surface area contributed by atoms with Crippen molar-refractivity contribution in [3.05, 3.63) is 30.1 Å². The molecule has 116 valence electrons. The molecule has 2 N–H and O–H groups in total. The van der Waals surface area contributed by atoms with Crippen LogP contribution in [0.5, 0.6) is 0 Å². The van der Waals surface area contributed by atoms with Crippen LogP contribution in [-0.4, -0.2) is 48.3 Å². The summed E-state index contributed by atoms with van der Waals surface area (Å²) >= 11 is 0. The maximum atomic E-state index is 6.80. The van der Waals surface area contributed by atoms with Crippen molar-refractivity contribution < 1.29 is 4.74 Å². The van der Waals surface area contributed by atoms with Crippen LogP contribution in [0.4, 0.5) is 0 Å². The summed E-state index contributed by atoms with van der Waals surface area (Å²) in [5, 5.41) is 0. The summed E-state index contributed by atoms with van der Waals surface area (Å²) in [4.78, 5) is 6.43. The minimum Gasteiger partial charge on any atom is -0.377 e. The molecule has 2 aliphatic rings. The van der Waals surface area contributed by atoms with Crippen LogP contribution in [0.25, 0.3) is 0 Å². The summed E-state index contributed by atoms with van der Waals surface area (Å²) in [5.41, 5.74) is 8.08. The Morgan fingerprint density at radius 3 is 2.81 bits per heavy atom. The van der Waals surface area contributed by atoms with Crippen LogP contribution in [0.2, 0.25) is 0 Å². The molecule has 1 aliphatic carbocycles. The van der Waals surface area contributed by atoms with Gasteiger partial charge in [0.2, 0.25) is 0 Å². The van der Waals surface area contributed by atoms with E-state index in [4.69, 9.17) is 10.5 Å². The number of pyridine rings is 1. The van der Waals surface area contributed by atoms with Gasteiger partial charge in [-0.25, -0.2) is 0 Å². The van der Waals surface area contributed by atoms with Crippen molar-refractivity contribution in [3.63, 3.8) is 0 Å². The quantitative estimate of drug-likeness (QED) is 0.896. The number of nitrogens with zero attached hydrogens (tertiary/aromatic N) is 2. The number of rotatable bonds is 5. The van der Waals surface area contributed by atoms with Gasteiger partial charge in [0.25, 0.3) is 0 Å². The number of hydrogen-bond acceptors (Lipinski definition) is 4. The average molecular weight is 289 g/mol. The molecule has 21 heavy (non-hydrogen) atoms. The smallest absolute Gasteiger partial charge is 0.0691 e. The van der Waals surface area contributed by atoms with Gasteiger partial charge in [0, 0.05) is 49.0 Å². The van der Waals surface area contributed by atoms with Gasteiger partial charge in [-0.15, -0.1) is 0 Å². The number of aromatic nitrogens is 1. The molecule has 1 aliphatic heterocycles. The normalized spacial score (nSPS) is 33.8. The lowest BCUT2D eigenvalue weighted by molar-refractivity contribution is -0.161. The van der Waals surface area contributed by atoms with Crippen LogP contribution in [-0.2, 0) is 11.2 Å². The Kier molecular flexibility index (Phi) is 3.80. The number of fused-ring (bicyclic) bond motifs is 1. The maximum absolute atomic E-state index is 6.80. The molecular weight excluding hydrogens is 262 g/mol. The Bertz CT molecular complexity index is 490. The van der Waals surface area contributed by atoms with Gasteiger partial charge in [-0.05, 0) is 37.6 Å². The minimum atomic E-state index is -0.124. The van der Waals surface area contributed by atoms with Crippen LogP contribution in [0.1, 0.15) is 25.8 Å². The molecule has 1 saturated carbocycles. The lowest BCUT2D eigenvalue weighted by Gasteiger charge is -2.63. The first-order valence-electron chi connectivity index (χ1n) is 7.93. The zero-order chi connectivity index (χ0) is 15.1. The number of ether oxygens (including phenoxy) is 1. The highest BCUT2D eigenvalue weighted by atomic mass is 16.5. The topological polar surface area (TPSA) is 51.4 Å². The third-order valence-corrected chi connectivity index (χ3v) is 5.73. The summed E-state index contributed by atoms with van der Waals surface area (Å²) in [6.07, 6.45) is 6.23. The highest BCUT2D eigenvalue weighted by molar-refractivity contribution is 5.21. The Hall–Kier alpha value is -0.970. The van der Waals surface area contributed by atoms with Gasteiger partial charge in [-0.2, -0.15) is 0 Å². The third kappa shape index (κ3) is 2.39. The highest BCUT2D eigenvalue weighted by Crippen LogP contribution is 2.58. The Labute approximate surface area is 127 Å². The average Bonchev–Trinajstić information content (AvgIpc) is 2.95. The molecule has 2 heterocycles. The van der Waals surface area contributed by atoms with E-state index in [0.717, 1.165) is 32.5 Å². The van der Waals surface area contributed by atoms with Crippen molar-refractivity contribution in [3.8, 4) is 0 Å². The van der Waals surface area contributed by atoms with Crippen LogP contribution in [0.15, 0.2) is 24.5 Å². The van der Waals surface area contributed by atoms with E-state index in [9.17, 15) is 0 Å². The summed E-state index contributed by atoms with van der Waals surface area (Å²) in [5.74, 6) is 0.524. The van der Waals surface area contributed by atoms with Gasteiger partial charge in [0.05, 0.1) is 6.10 Å². The van der Waals surface area contributed by atoms with E-state index >= 15 is 0 Å². The van der Waals surface area contributed by atoms with Crippen molar-refractivity contribution >= 4 is 0 Å². The maximum Gasteiger partial charge on any atom is 0.0691 e. The SMILES string of the molecule is CN(CCc1ccncc1)CC1(N)C2CCOC2C1(C)C. The van der Waals surface area contributed by atoms with Gasteiger partial charge < -0.3 is 15.4 Å². The van der Waals surface area contributed by atoms with Gasteiger partial charge >= 0.3 is 0 Å². The molecule has 4 heteroatoms. The van der Waals surface area contributed by atoms with Crippen LogP contribution in [0, 0.1) is 11.3 Å². The molecule has 0 spiro atoms. The predicted molar refractivity (Wildman–Crippen MR) is 84.0 cm³/mol. The van der Waals surface area contributed by atoms with E-state index in [1.54, 1.807) is 0 Å². The lowest BCUT2D eigenvalue weighted by atomic mass is 9.48. The largest absolute Gasteiger partial charge is 0.377 e. The second kappa shape index (κ2) is 5.34. The Morgan fingerprint density at radius 2 is 2.10 bits per heavy atom. The molecular formula is C17H27N3O. The minimum absolute atomic E-state index is 0.0685. The van der Waals surface area contributed by atoms with E-state index in [1.807, 2.05) is 12.4 Å².